The van der Waals surface area contributed by atoms with Crippen molar-refractivity contribution >= 4 is 0 Å². The molecule has 1 heterocycles. The van der Waals surface area contributed by atoms with Gasteiger partial charge in [-0.1, -0.05) is 13.8 Å². The Morgan fingerprint density at radius 1 is 1.42 bits per heavy atom. The monoisotopic (exact) mass is 167 g/mol. The van der Waals surface area contributed by atoms with Crippen LogP contribution in [0.5, 0.6) is 0 Å². The van der Waals surface area contributed by atoms with E-state index in [4.69, 9.17) is 0 Å². The zero-order chi connectivity index (χ0) is 8.60. The van der Waals surface area contributed by atoms with Gasteiger partial charge in [-0.2, -0.15) is 0 Å². The molecule has 0 bridgehead atoms. The Kier molecular flexibility index (Phi) is 2.16. The lowest BCUT2D eigenvalue weighted by Gasteiger charge is -2.52. The highest BCUT2D eigenvalue weighted by atomic mass is 15.1. The Hall–Kier alpha value is -0.0400. The maximum absolute atomic E-state index is 2.63. The van der Waals surface area contributed by atoms with E-state index in [1.54, 1.807) is 0 Å². The summed E-state index contributed by atoms with van der Waals surface area (Å²) in [6.07, 6.45) is 5.96. The van der Waals surface area contributed by atoms with E-state index in [1.165, 1.54) is 45.3 Å². The molecule has 1 saturated heterocycles. The molecule has 0 aromatic carbocycles. The average Bonchev–Trinajstić information content (AvgIpc) is 2.02. The Bertz CT molecular complexity index is 153. The number of hydrogen-bond donors (Lipinski definition) is 0. The van der Waals surface area contributed by atoms with Gasteiger partial charge in [0.05, 0.1) is 0 Å². The lowest BCUT2D eigenvalue weighted by Crippen LogP contribution is -2.49. The van der Waals surface area contributed by atoms with Gasteiger partial charge in [0, 0.05) is 6.54 Å². The Morgan fingerprint density at radius 3 is 2.75 bits per heavy atom. The Morgan fingerprint density at radius 2 is 2.17 bits per heavy atom. The fourth-order valence-electron chi connectivity index (χ4n) is 3.33. The number of rotatable bonds is 1. The molecular weight excluding hydrogens is 146 g/mol. The van der Waals surface area contributed by atoms with Gasteiger partial charge in [-0.05, 0) is 50.1 Å². The first-order chi connectivity index (χ1) is 5.74. The molecule has 1 saturated carbocycles. The van der Waals surface area contributed by atoms with Crippen molar-refractivity contribution in [1.29, 1.82) is 0 Å². The van der Waals surface area contributed by atoms with Crippen LogP contribution in [0.25, 0.3) is 0 Å². The molecule has 0 radical (unpaired) electrons. The normalized spacial score (nSPS) is 43.0. The maximum atomic E-state index is 2.63. The van der Waals surface area contributed by atoms with Crippen molar-refractivity contribution in [3.05, 3.63) is 0 Å². The van der Waals surface area contributed by atoms with Gasteiger partial charge in [-0.3, -0.25) is 0 Å². The van der Waals surface area contributed by atoms with E-state index in [9.17, 15) is 0 Å². The quantitative estimate of drug-likeness (QED) is 0.580. The molecule has 0 unspecified atom stereocenters. The number of nitrogens with zero attached hydrogens (tertiary/aromatic N) is 1. The van der Waals surface area contributed by atoms with E-state index < -0.39 is 0 Å². The van der Waals surface area contributed by atoms with E-state index in [2.05, 4.69) is 18.7 Å². The third-order valence-electron chi connectivity index (χ3n) is 3.75. The molecule has 0 N–H and O–H groups in total. The standard InChI is InChI=1S/C11H21N/c1-3-12-6-4-5-11(9-12)7-10(2)8-11/h10H,3-9H2,1-2H3. The molecule has 1 heteroatoms. The summed E-state index contributed by atoms with van der Waals surface area (Å²) in [4.78, 5) is 2.63. The molecule has 1 nitrogen and oxygen atoms in total. The van der Waals surface area contributed by atoms with Crippen LogP contribution in [-0.4, -0.2) is 24.5 Å². The molecule has 1 aliphatic heterocycles. The van der Waals surface area contributed by atoms with Crippen LogP contribution >= 0.6 is 0 Å². The second-order valence-electron chi connectivity index (χ2n) is 4.99. The van der Waals surface area contributed by atoms with Gasteiger partial charge in [-0.15, -0.1) is 0 Å². The summed E-state index contributed by atoms with van der Waals surface area (Å²) in [5.41, 5.74) is 0.772. The first-order valence-corrected chi connectivity index (χ1v) is 5.46. The zero-order valence-electron chi connectivity index (χ0n) is 8.47. The Balaban J connectivity index is 1.91. The van der Waals surface area contributed by atoms with Crippen LogP contribution in [0.3, 0.4) is 0 Å². The van der Waals surface area contributed by atoms with Crippen molar-refractivity contribution in [2.45, 2.75) is 39.5 Å². The summed E-state index contributed by atoms with van der Waals surface area (Å²) in [6, 6.07) is 0. The fraction of sp³-hybridized carbons (Fsp3) is 1.00. The highest BCUT2D eigenvalue weighted by Gasteiger charge is 2.43. The lowest BCUT2D eigenvalue weighted by atomic mass is 9.59. The Labute approximate surface area is 76.1 Å². The topological polar surface area (TPSA) is 3.24 Å². The van der Waals surface area contributed by atoms with Gasteiger partial charge in [0.1, 0.15) is 0 Å². The summed E-state index contributed by atoms with van der Waals surface area (Å²) >= 11 is 0. The van der Waals surface area contributed by atoms with Crippen molar-refractivity contribution in [2.75, 3.05) is 19.6 Å². The highest BCUT2D eigenvalue weighted by Crippen LogP contribution is 2.50. The summed E-state index contributed by atoms with van der Waals surface area (Å²) < 4.78 is 0. The molecule has 0 aromatic rings. The SMILES string of the molecule is CCN1CCCC2(CC(C)C2)C1. The molecule has 0 amide bonds. The van der Waals surface area contributed by atoms with Crippen LogP contribution in [-0.2, 0) is 0 Å². The molecule has 0 aromatic heterocycles. The number of piperidine rings is 1. The van der Waals surface area contributed by atoms with E-state index in [0.717, 1.165) is 11.3 Å². The fourth-order valence-corrected chi connectivity index (χ4v) is 3.33. The van der Waals surface area contributed by atoms with Crippen LogP contribution in [0.15, 0.2) is 0 Å². The molecule has 2 rings (SSSR count). The predicted octanol–water partition coefficient (Wildman–Crippen LogP) is 2.52. The second kappa shape index (κ2) is 3.02. The highest BCUT2D eigenvalue weighted by molar-refractivity contribution is 4.96. The maximum Gasteiger partial charge on any atom is 0.00381 e. The van der Waals surface area contributed by atoms with Gasteiger partial charge in [-0.25, -0.2) is 0 Å². The van der Waals surface area contributed by atoms with Crippen LogP contribution < -0.4 is 0 Å². The van der Waals surface area contributed by atoms with Gasteiger partial charge in [0.15, 0.2) is 0 Å². The van der Waals surface area contributed by atoms with Gasteiger partial charge < -0.3 is 4.90 Å². The molecular formula is C11H21N. The molecule has 2 fully saturated rings. The molecule has 12 heavy (non-hydrogen) atoms. The van der Waals surface area contributed by atoms with Crippen LogP contribution in [0.2, 0.25) is 0 Å². The molecule has 0 atom stereocenters. The van der Waals surface area contributed by atoms with Crippen molar-refractivity contribution in [1.82, 2.24) is 4.90 Å². The summed E-state index contributed by atoms with van der Waals surface area (Å²) in [5.74, 6) is 1.02. The van der Waals surface area contributed by atoms with Crippen molar-refractivity contribution < 1.29 is 0 Å². The zero-order valence-corrected chi connectivity index (χ0v) is 8.47. The minimum atomic E-state index is 0.772. The van der Waals surface area contributed by atoms with Crippen molar-refractivity contribution in [2.24, 2.45) is 11.3 Å². The van der Waals surface area contributed by atoms with Crippen LogP contribution in [0, 0.1) is 11.3 Å². The third kappa shape index (κ3) is 1.39. The second-order valence-corrected chi connectivity index (χ2v) is 4.99. The summed E-state index contributed by atoms with van der Waals surface area (Å²) in [5, 5.41) is 0. The van der Waals surface area contributed by atoms with Gasteiger partial charge >= 0.3 is 0 Å². The predicted molar refractivity (Wildman–Crippen MR) is 52.2 cm³/mol. The van der Waals surface area contributed by atoms with E-state index in [1.807, 2.05) is 0 Å². The first kappa shape index (κ1) is 8.55. The molecule has 2 aliphatic rings. The lowest BCUT2D eigenvalue weighted by molar-refractivity contribution is -0.0148. The largest absolute Gasteiger partial charge is 0.303 e. The number of hydrogen-bond acceptors (Lipinski definition) is 1. The summed E-state index contributed by atoms with van der Waals surface area (Å²) in [6.45, 7) is 8.70. The van der Waals surface area contributed by atoms with E-state index in [-0.39, 0.29) is 0 Å². The van der Waals surface area contributed by atoms with E-state index in [0.29, 0.717) is 0 Å². The van der Waals surface area contributed by atoms with Gasteiger partial charge in [0.2, 0.25) is 0 Å². The average molecular weight is 167 g/mol. The molecule has 1 aliphatic carbocycles. The van der Waals surface area contributed by atoms with E-state index >= 15 is 0 Å². The van der Waals surface area contributed by atoms with Gasteiger partial charge in [0.25, 0.3) is 0 Å². The molecule has 1 spiro atoms. The van der Waals surface area contributed by atoms with Crippen molar-refractivity contribution in [3.63, 3.8) is 0 Å². The molecule has 70 valence electrons. The third-order valence-corrected chi connectivity index (χ3v) is 3.75. The first-order valence-electron chi connectivity index (χ1n) is 5.46. The minimum Gasteiger partial charge on any atom is -0.303 e. The smallest absolute Gasteiger partial charge is 0.00381 e. The summed E-state index contributed by atoms with van der Waals surface area (Å²) in [7, 11) is 0. The van der Waals surface area contributed by atoms with Crippen LogP contribution in [0.4, 0.5) is 0 Å². The van der Waals surface area contributed by atoms with Crippen molar-refractivity contribution in [3.8, 4) is 0 Å². The number of likely N-dealkylation sites (tertiary alicyclic amines) is 1. The van der Waals surface area contributed by atoms with Crippen LogP contribution in [0.1, 0.15) is 39.5 Å². The minimum absolute atomic E-state index is 0.772.